The van der Waals surface area contributed by atoms with Crippen LogP contribution in [0.4, 0.5) is 0 Å². The van der Waals surface area contributed by atoms with Crippen LogP contribution in [0.1, 0.15) is 38.7 Å². The summed E-state index contributed by atoms with van der Waals surface area (Å²) in [5.41, 5.74) is 0. The average Bonchev–Trinajstić information content (AvgIpc) is 2.73. The summed E-state index contributed by atoms with van der Waals surface area (Å²) in [6, 6.07) is 4.75. The molecule has 92 valence electrons. The molecule has 1 N–H and O–H groups in total. The summed E-state index contributed by atoms with van der Waals surface area (Å²) >= 11 is 0. The molecular weight excluding hydrogens is 200 g/mol. The van der Waals surface area contributed by atoms with Gasteiger partial charge in [0.1, 0.15) is 11.5 Å². The molecule has 1 rings (SSSR count). The molecule has 1 atom stereocenters. The largest absolute Gasteiger partial charge is 0.463 e. The van der Waals surface area contributed by atoms with E-state index in [2.05, 4.69) is 43.1 Å². The van der Waals surface area contributed by atoms with E-state index in [0.717, 1.165) is 31.2 Å². The number of furan rings is 1. The second-order valence-corrected chi connectivity index (χ2v) is 4.22. The lowest BCUT2D eigenvalue weighted by atomic mass is 10.2. The molecular formula is C13H24N2O. The normalized spacial score (nSPS) is 13.3. The molecule has 3 nitrogen and oxygen atoms in total. The number of nitrogens with zero attached hydrogens (tertiary/aromatic N) is 1. The van der Waals surface area contributed by atoms with Gasteiger partial charge < -0.3 is 9.73 Å². The van der Waals surface area contributed by atoms with Gasteiger partial charge in [-0.25, -0.2) is 0 Å². The lowest BCUT2D eigenvalue weighted by molar-refractivity contribution is 0.189. The summed E-state index contributed by atoms with van der Waals surface area (Å²) in [6.07, 6.45) is 1.18. The van der Waals surface area contributed by atoms with Crippen LogP contribution in [-0.4, -0.2) is 24.5 Å². The maximum atomic E-state index is 5.75. The third-order valence-electron chi connectivity index (χ3n) is 3.05. The molecule has 1 heterocycles. The van der Waals surface area contributed by atoms with Crippen LogP contribution in [0.25, 0.3) is 0 Å². The van der Waals surface area contributed by atoms with Crippen LogP contribution in [0.3, 0.4) is 0 Å². The second-order valence-electron chi connectivity index (χ2n) is 4.22. The molecule has 0 radical (unpaired) electrons. The Morgan fingerprint density at radius 2 is 2.00 bits per heavy atom. The van der Waals surface area contributed by atoms with E-state index >= 15 is 0 Å². The monoisotopic (exact) mass is 224 g/mol. The van der Waals surface area contributed by atoms with E-state index in [9.17, 15) is 0 Å². The van der Waals surface area contributed by atoms with Crippen LogP contribution in [0.15, 0.2) is 16.5 Å². The Labute approximate surface area is 98.8 Å². The summed E-state index contributed by atoms with van der Waals surface area (Å²) in [5, 5.41) is 3.09. The van der Waals surface area contributed by atoms with Gasteiger partial charge >= 0.3 is 0 Å². The van der Waals surface area contributed by atoms with Crippen molar-refractivity contribution >= 4 is 0 Å². The zero-order valence-electron chi connectivity index (χ0n) is 10.9. The zero-order valence-corrected chi connectivity index (χ0v) is 10.9. The molecule has 0 amide bonds. The standard InChI is InChI=1S/C13H24N2O/c1-5-11(3)15(6-2)10-13-8-7-12(16-13)9-14-4/h7-8,11,14H,5-6,9-10H2,1-4H3. The first-order valence-corrected chi connectivity index (χ1v) is 6.17. The number of nitrogens with one attached hydrogen (secondary N) is 1. The van der Waals surface area contributed by atoms with Crippen LogP contribution >= 0.6 is 0 Å². The molecule has 16 heavy (non-hydrogen) atoms. The van der Waals surface area contributed by atoms with Gasteiger partial charge in [0, 0.05) is 6.04 Å². The third kappa shape index (κ3) is 3.65. The van der Waals surface area contributed by atoms with E-state index in [1.165, 1.54) is 6.42 Å². The molecule has 0 aliphatic carbocycles. The first kappa shape index (κ1) is 13.3. The molecule has 0 aliphatic heterocycles. The molecule has 0 aromatic carbocycles. The van der Waals surface area contributed by atoms with Crippen LogP contribution in [0.5, 0.6) is 0 Å². The zero-order chi connectivity index (χ0) is 12.0. The molecule has 1 aromatic rings. The molecule has 3 heteroatoms. The Bertz CT molecular complexity index is 296. The molecule has 0 saturated carbocycles. The van der Waals surface area contributed by atoms with Crippen LogP contribution in [-0.2, 0) is 13.1 Å². The summed E-state index contributed by atoms with van der Waals surface area (Å²) < 4.78 is 5.75. The Kier molecular flexibility index (Phi) is 5.56. The van der Waals surface area contributed by atoms with Crippen molar-refractivity contribution < 1.29 is 4.42 Å². The Balaban J connectivity index is 2.56. The smallest absolute Gasteiger partial charge is 0.118 e. The number of hydrogen-bond acceptors (Lipinski definition) is 3. The van der Waals surface area contributed by atoms with Crippen molar-refractivity contribution in [3.63, 3.8) is 0 Å². The Hall–Kier alpha value is -0.800. The van der Waals surface area contributed by atoms with Crippen molar-refractivity contribution in [2.75, 3.05) is 13.6 Å². The van der Waals surface area contributed by atoms with E-state index in [0.29, 0.717) is 6.04 Å². The average molecular weight is 224 g/mol. The van der Waals surface area contributed by atoms with Crippen molar-refractivity contribution in [2.24, 2.45) is 0 Å². The van der Waals surface area contributed by atoms with Gasteiger partial charge in [0.25, 0.3) is 0 Å². The maximum Gasteiger partial charge on any atom is 0.118 e. The molecule has 0 bridgehead atoms. The molecule has 0 fully saturated rings. The Morgan fingerprint density at radius 1 is 1.31 bits per heavy atom. The van der Waals surface area contributed by atoms with Gasteiger partial charge in [-0.05, 0) is 39.1 Å². The quantitative estimate of drug-likeness (QED) is 0.771. The van der Waals surface area contributed by atoms with E-state index in [1.54, 1.807) is 0 Å². The van der Waals surface area contributed by atoms with Gasteiger partial charge in [-0.15, -0.1) is 0 Å². The van der Waals surface area contributed by atoms with Gasteiger partial charge in [0.2, 0.25) is 0 Å². The highest BCUT2D eigenvalue weighted by Crippen LogP contribution is 2.13. The second kappa shape index (κ2) is 6.71. The van der Waals surface area contributed by atoms with Gasteiger partial charge in [-0.1, -0.05) is 13.8 Å². The van der Waals surface area contributed by atoms with Crippen molar-refractivity contribution in [2.45, 2.75) is 46.3 Å². The highest BCUT2D eigenvalue weighted by atomic mass is 16.3. The SMILES string of the molecule is CCC(C)N(CC)Cc1ccc(CNC)o1. The van der Waals surface area contributed by atoms with Crippen LogP contribution in [0, 0.1) is 0 Å². The first-order chi connectivity index (χ1) is 7.71. The number of hydrogen-bond donors (Lipinski definition) is 1. The van der Waals surface area contributed by atoms with Gasteiger partial charge in [-0.3, -0.25) is 4.90 Å². The molecule has 0 aliphatic rings. The van der Waals surface area contributed by atoms with Crippen molar-refractivity contribution in [1.29, 1.82) is 0 Å². The third-order valence-corrected chi connectivity index (χ3v) is 3.05. The molecule has 1 unspecified atom stereocenters. The van der Waals surface area contributed by atoms with Crippen LogP contribution < -0.4 is 5.32 Å². The minimum atomic E-state index is 0.614. The van der Waals surface area contributed by atoms with Gasteiger partial charge in [-0.2, -0.15) is 0 Å². The lowest BCUT2D eigenvalue weighted by Gasteiger charge is -2.25. The van der Waals surface area contributed by atoms with Crippen molar-refractivity contribution in [3.8, 4) is 0 Å². The Morgan fingerprint density at radius 3 is 2.56 bits per heavy atom. The van der Waals surface area contributed by atoms with E-state index in [4.69, 9.17) is 4.42 Å². The fourth-order valence-electron chi connectivity index (χ4n) is 1.81. The van der Waals surface area contributed by atoms with Crippen LogP contribution in [0.2, 0.25) is 0 Å². The summed E-state index contributed by atoms with van der Waals surface area (Å²) in [5.74, 6) is 2.07. The predicted octanol–water partition coefficient (Wildman–Crippen LogP) is 2.62. The summed E-state index contributed by atoms with van der Waals surface area (Å²) in [4.78, 5) is 2.43. The molecule has 1 aromatic heterocycles. The fraction of sp³-hybridized carbons (Fsp3) is 0.692. The number of rotatable bonds is 7. The van der Waals surface area contributed by atoms with E-state index in [1.807, 2.05) is 7.05 Å². The van der Waals surface area contributed by atoms with Crippen molar-refractivity contribution in [1.82, 2.24) is 10.2 Å². The molecule has 0 spiro atoms. The first-order valence-electron chi connectivity index (χ1n) is 6.17. The minimum absolute atomic E-state index is 0.614. The minimum Gasteiger partial charge on any atom is -0.463 e. The predicted molar refractivity (Wildman–Crippen MR) is 67.3 cm³/mol. The topological polar surface area (TPSA) is 28.4 Å². The van der Waals surface area contributed by atoms with Gasteiger partial charge in [0.05, 0.1) is 13.1 Å². The summed E-state index contributed by atoms with van der Waals surface area (Å²) in [6.45, 7) is 9.47. The van der Waals surface area contributed by atoms with Crippen molar-refractivity contribution in [3.05, 3.63) is 23.7 Å². The van der Waals surface area contributed by atoms with Gasteiger partial charge in [0.15, 0.2) is 0 Å². The molecule has 0 saturated heterocycles. The summed E-state index contributed by atoms with van der Waals surface area (Å²) in [7, 11) is 1.93. The lowest BCUT2D eigenvalue weighted by Crippen LogP contribution is -2.31. The maximum absolute atomic E-state index is 5.75. The van der Waals surface area contributed by atoms with E-state index < -0.39 is 0 Å². The highest BCUT2D eigenvalue weighted by molar-refractivity contribution is 5.07. The highest BCUT2D eigenvalue weighted by Gasteiger charge is 2.12. The fourth-order valence-corrected chi connectivity index (χ4v) is 1.81. The van der Waals surface area contributed by atoms with E-state index in [-0.39, 0.29) is 0 Å².